The molecule has 0 spiro atoms. The zero-order chi connectivity index (χ0) is 17.7. The van der Waals surface area contributed by atoms with E-state index in [-0.39, 0.29) is 5.75 Å². The maximum absolute atomic E-state index is 12.1. The minimum Gasteiger partial charge on any atom is -0.497 e. The normalized spacial score (nSPS) is 11.6. The molecule has 2 aromatic rings. The lowest BCUT2D eigenvalue weighted by atomic mass is 10.1. The Morgan fingerprint density at radius 1 is 1.12 bits per heavy atom. The molecule has 0 aliphatic rings. The number of aryl methyl sites for hydroxylation is 1. The zero-order valence-corrected chi connectivity index (χ0v) is 14.5. The van der Waals surface area contributed by atoms with Gasteiger partial charge in [0.25, 0.3) is 5.56 Å². The highest BCUT2D eigenvalue weighted by Crippen LogP contribution is 2.14. The topological polar surface area (TPSA) is 74.6 Å². The standard InChI is InChI=1S/C17H19NO5S/c1-4-24(20,21)23-18-15(11-13(2)12-17(18)19)8-5-14-6-9-16(22-3)10-7-14/h5-12H,4H2,1-3H3/b8-5+. The number of pyridine rings is 1. The van der Waals surface area contributed by atoms with Crippen molar-refractivity contribution in [2.24, 2.45) is 0 Å². The van der Waals surface area contributed by atoms with Gasteiger partial charge in [-0.25, -0.2) is 0 Å². The van der Waals surface area contributed by atoms with Gasteiger partial charge in [0, 0.05) is 6.07 Å². The maximum Gasteiger partial charge on any atom is 0.326 e. The van der Waals surface area contributed by atoms with Crippen LogP contribution in [0.25, 0.3) is 12.2 Å². The van der Waals surface area contributed by atoms with Gasteiger partial charge in [0.15, 0.2) is 0 Å². The van der Waals surface area contributed by atoms with E-state index in [9.17, 15) is 13.2 Å². The second-order valence-electron chi connectivity index (χ2n) is 5.12. The monoisotopic (exact) mass is 349 g/mol. The Bertz CT molecular complexity index is 896. The first-order valence-electron chi connectivity index (χ1n) is 7.33. The minimum absolute atomic E-state index is 0.227. The van der Waals surface area contributed by atoms with E-state index < -0.39 is 15.7 Å². The van der Waals surface area contributed by atoms with Crippen molar-refractivity contribution < 1.29 is 17.4 Å². The summed E-state index contributed by atoms with van der Waals surface area (Å²) in [5.74, 6) is 0.506. The Hall–Kier alpha value is -2.54. The molecule has 0 atom stereocenters. The van der Waals surface area contributed by atoms with Crippen LogP contribution in [0.3, 0.4) is 0 Å². The number of nitrogens with zero attached hydrogens (tertiary/aromatic N) is 1. The van der Waals surface area contributed by atoms with Gasteiger partial charge >= 0.3 is 10.1 Å². The number of methoxy groups -OCH3 is 1. The number of benzene rings is 1. The molecule has 0 fully saturated rings. The van der Waals surface area contributed by atoms with Crippen LogP contribution in [0.4, 0.5) is 0 Å². The van der Waals surface area contributed by atoms with Gasteiger partial charge in [0.2, 0.25) is 0 Å². The van der Waals surface area contributed by atoms with Gasteiger partial charge in [-0.05, 0) is 49.2 Å². The van der Waals surface area contributed by atoms with Crippen LogP contribution in [0.5, 0.6) is 5.75 Å². The summed E-state index contributed by atoms with van der Waals surface area (Å²) < 4.78 is 34.1. The summed E-state index contributed by atoms with van der Waals surface area (Å²) >= 11 is 0. The van der Waals surface area contributed by atoms with Gasteiger partial charge in [-0.15, -0.1) is 4.73 Å². The highest BCUT2D eigenvalue weighted by molar-refractivity contribution is 7.86. The van der Waals surface area contributed by atoms with Crippen molar-refractivity contribution in [2.75, 3.05) is 12.9 Å². The average Bonchev–Trinajstić information content (AvgIpc) is 2.56. The number of hydrogen-bond acceptors (Lipinski definition) is 5. The summed E-state index contributed by atoms with van der Waals surface area (Å²) in [6.45, 7) is 3.20. The van der Waals surface area contributed by atoms with Crippen molar-refractivity contribution in [3.63, 3.8) is 0 Å². The molecule has 0 aliphatic carbocycles. The predicted octanol–water partition coefficient (Wildman–Crippen LogP) is 2.11. The molecule has 128 valence electrons. The highest BCUT2D eigenvalue weighted by atomic mass is 32.2. The van der Waals surface area contributed by atoms with E-state index in [0.29, 0.717) is 11.3 Å². The predicted molar refractivity (Wildman–Crippen MR) is 93.4 cm³/mol. The molecule has 1 aromatic heterocycles. The van der Waals surface area contributed by atoms with Crippen molar-refractivity contribution in [1.82, 2.24) is 4.73 Å². The van der Waals surface area contributed by atoms with Crippen LogP contribution in [0.1, 0.15) is 23.7 Å². The maximum atomic E-state index is 12.1. The molecular weight excluding hydrogens is 330 g/mol. The molecule has 0 amide bonds. The molecule has 0 bridgehead atoms. The molecule has 0 N–H and O–H groups in total. The fourth-order valence-electron chi connectivity index (χ4n) is 1.97. The van der Waals surface area contributed by atoms with Gasteiger partial charge in [-0.3, -0.25) is 9.08 Å². The quantitative estimate of drug-likeness (QED) is 0.798. The number of hydrogen-bond donors (Lipinski definition) is 0. The van der Waals surface area contributed by atoms with Crippen LogP contribution in [-0.4, -0.2) is 26.0 Å². The number of rotatable bonds is 6. The summed E-state index contributed by atoms with van der Waals surface area (Å²) in [7, 11) is -2.22. The fourth-order valence-corrected chi connectivity index (χ4v) is 2.46. The molecule has 0 saturated carbocycles. The molecule has 1 heterocycles. The third-order valence-electron chi connectivity index (χ3n) is 3.27. The second-order valence-corrected chi connectivity index (χ2v) is 6.96. The van der Waals surface area contributed by atoms with Crippen molar-refractivity contribution in [2.45, 2.75) is 13.8 Å². The lowest BCUT2D eigenvalue weighted by molar-refractivity contribution is 0.265. The highest BCUT2D eigenvalue weighted by Gasteiger charge is 2.13. The molecule has 0 radical (unpaired) electrons. The van der Waals surface area contributed by atoms with E-state index in [1.54, 1.807) is 44.4 Å². The number of aromatic nitrogens is 1. The molecular formula is C17H19NO5S. The van der Waals surface area contributed by atoms with Crippen LogP contribution in [0.15, 0.2) is 41.2 Å². The summed E-state index contributed by atoms with van der Waals surface area (Å²) in [6.07, 6.45) is 3.38. The first-order chi connectivity index (χ1) is 11.3. The lowest BCUT2D eigenvalue weighted by Gasteiger charge is -2.11. The van der Waals surface area contributed by atoms with E-state index in [0.717, 1.165) is 16.0 Å². The van der Waals surface area contributed by atoms with Crippen LogP contribution in [0, 0.1) is 6.92 Å². The molecule has 0 saturated heterocycles. The lowest BCUT2D eigenvalue weighted by Crippen LogP contribution is -2.33. The van der Waals surface area contributed by atoms with Crippen LogP contribution in [0.2, 0.25) is 0 Å². The molecule has 2 rings (SSSR count). The number of ether oxygens (including phenoxy) is 1. The average molecular weight is 349 g/mol. The fraction of sp³-hybridized carbons (Fsp3) is 0.235. The Morgan fingerprint density at radius 3 is 2.38 bits per heavy atom. The molecule has 0 unspecified atom stereocenters. The third kappa shape index (κ3) is 4.48. The largest absolute Gasteiger partial charge is 0.497 e. The first kappa shape index (κ1) is 17.8. The summed E-state index contributed by atoms with van der Waals surface area (Å²) in [5.41, 5.74) is 1.38. The molecule has 24 heavy (non-hydrogen) atoms. The van der Waals surface area contributed by atoms with E-state index in [1.807, 2.05) is 12.1 Å². The van der Waals surface area contributed by atoms with Crippen LogP contribution in [-0.2, 0) is 10.1 Å². The van der Waals surface area contributed by atoms with E-state index in [2.05, 4.69) is 0 Å². The summed E-state index contributed by atoms with van der Waals surface area (Å²) in [6, 6.07) is 10.3. The third-order valence-corrected chi connectivity index (χ3v) is 4.35. The van der Waals surface area contributed by atoms with Gasteiger partial charge in [-0.2, -0.15) is 8.42 Å². The van der Waals surface area contributed by atoms with Crippen LogP contribution >= 0.6 is 0 Å². The minimum atomic E-state index is -3.81. The van der Waals surface area contributed by atoms with E-state index in [4.69, 9.17) is 9.02 Å². The summed E-state index contributed by atoms with van der Waals surface area (Å²) in [4.78, 5) is 12.1. The van der Waals surface area contributed by atoms with Crippen molar-refractivity contribution in [3.8, 4) is 5.75 Å². The van der Waals surface area contributed by atoms with Crippen molar-refractivity contribution in [1.29, 1.82) is 0 Å². The first-order valence-corrected chi connectivity index (χ1v) is 8.91. The van der Waals surface area contributed by atoms with Gasteiger partial charge < -0.3 is 4.74 Å². The SMILES string of the molecule is CCS(=O)(=O)On1c(/C=C/c2ccc(OC)cc2)cc(C)cc1=O. The zero-order valence-electron chi connectivity index (χ0n) is 13.7. The molecule has 6 nitrogen and oxygen atoms in total. The van der Waals surface area contributed by atoms with Crippen molar-refractivity contribution >= 4 is 22.3 Å². The van der Waals surface area contributed by atoms with E-state index in [1.165, 1.54) is 13.0 Å². The Morgan fingerprint density at radius 2 is 1.79 bits per heavy atom. The molecule has 1 aromatic carbocycles. The smallest absolute Gasteiger partial charge is 0.326 e. The summed E-state index contributed by atoms with van der Waals surface area (Å²) in [5, 5.41) is 0. The van der Waals surface area contributed by atoms with Crippen LogP contribution < -0.4 is 14.6 Å². The van der Waals surface area contributed by atoms with Gasteiger partial charge in [0.1, 0.15) is 5.75 Å². The molecule has 0 aliphatic heterocycles. The van der Waals surface area contributed by atoms with Crippen molar-refractivity contribution in [3.05, 3.63) is 63.6 Å². The second kappa shape index (κ2) is 7.35. The molecule has 7 heteroatoms. The Balaban J connectivity index is 2.41. The Kier molecular flexibility index (Phi) is 5.46. The van der Waals surface area contributed by atoms with E-state index >= 15 is 0 Å². The van der Waals surface area contributed by atoms with Gasteiger partial charge in [0.05, 0.1) is 18.6 Å². The van der Waals surface area contributed by atoms with Gasteiger partial charge in [-0.1, -0.05) is 18.2 Å². The Labute approximate surface area is 141 Å².